The first-order chi connectivity index (χ1) is 8.98. The number of carboxylic acids is 1. The molecule has 1 N–H and O–H groups in total. The molecule has 7 nitrogen and oxygen atoms in total. The van der Waals surface area contributed by atoms with Crippen LogP contribution >= 0.6 is 0 Å². The summed E-state index contributed by atoms with van der Waals surface area (Å²) < 4.78 is 24.5. The van der Waals surface area contributed by atoms with Crippen LogP contribution in [-0.4, -0.2) is 45.6 Å². The summed E-state index contributed by atoms with van der Waals surface area (Å²) in [7, 11) is -3.05. The summed E-state index contributed by atoms with van der Waals surface area (Å²) in [5, 5.41) is 17.1. The molecule has 3 rings (SSSR count). The Hall–Kier alpha value is -1.96. The van der Waals surface area contributed by atoms with E-state index in [9.17, 15) is 18.3 Å². The van der Waals surface area contributed by atoms with Gasteiger partial charge >= 0.3 is 5.97 Å². The summed E-state index contributed by atoms with van der Waals surface area (Å²) >= 11 is 0. The van der Waals surface area contributed by atoms with E-state index in [-0.39, 0.29) is 23.1 Å². The topological polar surface area (TPSA) is 102 Å². The van der Waals surface area contributed by atoms with Crippen molar-refractivity contribution in [2.75, 3.05) is 11.5 Å². The Labute approximate surface area is 108 Å². The highest BCUT2D eigenvalue weighted by Crippen LogP contribution is 2.28. The van der Waals surface area contributed by atoms with Gasteiger partial charge in [-0.25, -0.2) is 13.2 Å². The first-order valence-electron chi connectivity index (χ1n) is 5.76. The number of sulfone groups is 1. The summed E-state index contributed by atoms with van der Waals surface area (Å²) in [5.41, 5.74) is 0.459. The molecular formula is C11H11N3O4S. The number of hydrogen-bond acceptors (Lipinski definition) is 5. The zero-order valence-electron chi connectivity index (χ0n) is 9.85. The van der Waals surface area contributed by atoms with Crippen molar-refractivity contribution >= 4 is 21.5 Å². The maximum absolute atomic E-state index is 11.5. The Kier molecular flexibility index (Phi) is 2.56. The van der Waals surface area contributed by atoms with Crippen molar-refractivity contribution in [2.45, 2.75) is 12.3 Å². The van der Waals surface area contributed by atoms with Crippen LogP contribution in [-0.2, 0) is 9.84 Å². The SMILES string of the molecule is O=C(O)c1cccc2nnc(C3CCS(=O)(=O)C3)n12. The second-order valence-electron chi connectivity index (χ2n) is 4.57. The number of aromatic nitrogens is 3. The molecular weight excluding hydrogens is 270 g/mol. The molecule has 0 bridgehead atoms. The van der Waals surface area contributed by atoms with Crippen molar-refractivity contribution in [2.24, 2.45) is 0 Å². The van der Waals surface area contributed by atoms with Crippen LogP contribution in [0.25, 0.3) is 5.65 Å². The Morgan fingerprint density at radius 3 is 2.79 bits per heavy atom. The van der Waals surface area contributed by atoms with E-state index in [0.29, 0.717) is 17.9 Å². The van der Waals surface area contributed by atoms with Crippen molar-refractivity contribution in [3.05, 3.63) is 29.7 Å². The fraction of sp³-hybridized carbons (Fsp3) is 0.364. The van der Waals surface area contributed by atoms with Crippen LogP contribution in [0.3, 0.4) is 0 Å². The molecule has 0 spiro atoms. The summed E-state index contributed by atoms with van der Waals surface area (Å²) in [6.45, 7) is 0. The summed E-state index contributed by atoms with van der Waals surface area (Å²) in [6.07, 6.45) is 0.455. The van der Waals surface area contributed by atoms with Gasteiger partial charge in [0.2, 0.25) is 0 Å². The number of fused-ring (bicyclic) bond motifs is 1. The fourth-order valence-electron chi connectivity index (χ4n) is 2.39. The quantitative estimate of drug-likeness (QED) is 0.851. The molecule has 1 aliphatic rings. The van der Waals surface area contributed by atoms with Crippen molar-refractivity contribution in [1.82, 2.24) is 14.6 Å². The third-order valence-corrected chi connectivity index (χ3v) is 5.04. The van der Waals surface area contributed by atoms with Crippen LogP contribution in [0.5, 0.6) is 0 Å². The van der Waals surface area contributed by atoms with E-state index < -0.39 is 15.8 Å². The van der Waals surface area contributed by atoms with E-state index in [1.807, 2.05) is 0 Å². The molecule has 8 heteroatoms. The van der Waals surface area contributed by atoms with E-state index in [4.69, 9.17) is 0 Å². The van der Waals surface area contributed by atoms with Gasteiger partial charge in [0, 0.05) is 5.92 Å². The van der Waals surface area contributed by atoms with Crippen molar-refractivity contribution in [3.8, 4) is 0 Å². The lowest BCUT2D eigenvalue weighted by Gasteiger charge is -2.07. The second-order valence-corrected chi connectivity index (χ2v) is 6.80. The zero-order chi connectivity index (χ0) is 13.6. The molecule has 0 amide bonds. The standard InChI is InChI=1S/C11H11N3O4S/c15-11(16)8-2-1-3-9-12-13-10(14(8)9)7-4-5-19(17,18)6-7/h1-3,7H,4-6H2,(H,15,16). The molecule has 2 aromatic heterocycles. The number of pyridine rings is 1. The first kappa shape index (κ1) is 12.1. The molecule has 0 aliphatic carbocycles. The van der Waals surface area contributed by atoms with E-state index >= 15 is 0 Å². The predicted octanol–water partition coefficient (Wildman–Crippen LogP) is 0.330. The van der Waals surface area contributed by atoms with Gasteiger partial charge in [-0.1, -0.05) is 6.07 Å². The molecule has 1 saturated heterocycles. The molecule has 0 radical (unpaired) electrons. The van der Waals surface area contributed by atoms with Crippen LogP contribution in [0, 0.1) is 0 Å². The molecule has 0 aromatic carbocycles. The minimum atomic E-state index is -3.05. The minimum Gasteiger partial charge on any atom is -0.477 e. The number of rotatable bonds is 2. The van der Waals surface area contributed by atoms with Crippen molar-refractivity contribution in [3.63, 3.8) is 0 Å². The Bertz CT molecular complexity index is 765. The van der Waals surface area contributed by atoms with Crippen LogP contribution in [0.1, 0.15) is 28.7 Å². The van der Waals surface area contributed by atoms with Gasteiger partial charge in [-0.3, -0.25) is 4.40 Å². The summed E-state index contributed by atoms with van der Waals surface area (Å²) in [4.78, 5) is 11.2. The highest BCUT2D eigenvalue weighted by atomic mass is 32.2. The zero-order valence-corrected chi connectivity index (χ0v) is 10.7. The van der Waals surface area contributed by atoms with Gasteiger partial charge in [0.1, 0.15) is 11.5 Å². The lowest BCUT2D eigenvalue weighted by molar-refractivity contribution is 0.0688. The number of nitrogens with zero attached hydrogens (tertiary/aromatic N) is 3. The molecule has 1 atom stereocenters. The van der Waals surface area contributed by atoms with Crippen molar-refractivity contribution < 1.29 is 18.3 Å². The summed E-state index contributed by atoms with van der Waals surface area (Å²) in [5.74, 6) is -0.856. The molecule has 1 unspecified atom stereocenters. The van der Waals surface area contributed by atoms with Crippen molar-refractivity contribution in [1.29, 1.82) is 0 Å². The van der Waals surface area contributed by atoms with Gasteiger partial charge in [0.15, 0.2) is 15.5 Å². The molecule has 1 fully saturated rings. The van der Waals surface area contributed by atoms with E-state index in [2.05, 4.69) is 10.2 Å². The van der Waals surface area contributed by atoms with Gasteiger partial charge in [0.05, 0.1) is 11.5 Å². The van der Waals surface area contributed by atoms with E-state index in [1.165, 1.54) is 10.5 Å². The van der Waals surface area contributed by atoms with Gasteiger partial charge < -0.3 is 5.11 Å². The maximum Gasteiger partial charge on any atom is 0.352 e. The predicted molar refractivity (Wildman–Crippen MR) is 66.0 cm³/mol. The highest BCUT2D eigenvalue weighted by molar-refractivity contribution is 7.91. The second kappa shape index (κ2) is 4.02. The molecule has 0 saturated carbocycles. The third-order valence-electron chi connectivity index (χ3n) is 3.27. The first-order valence-corrected chi connectivity index (χ1v) is 7.58. The highest BCUT2D eigenvalue weighted by Gasteiger charge is 2.33. The van der Waals surface area contributed by atoms with Gasteiger partial charge in [-0.2, -0.15) is 0 Å². The van der Waals surface area contributed by atoms with Gasteiger partial charge in [0.25, 0.3) is 0 Å². The van der Waals surface area contributed by atoms with Gasteiger partial charge in [-0.15, -0.1) is 10.2 Å². The fourth-order valence-corrected chi connectivity index (χ4v) is 4.13. The smallest absolute Gasteiger partial charge is 0.352 e. The van der Waals surface area contributed by atoms with Crippen LogP contribution in [0.4, 0.5) is 0 Å². The van der Waals surface area contributed by atoms with E-state index in [1.54, 1.807) is 12.1 Å². The lowest BCUT2D eigenvalue weighted by Crippen LogP contribution is -2.12. The Morgan fingerprint density at radius 2 is 2.16 bits per heavy atom. The lowest BCUT2D eigenvalue weighted by atomic mass is 10.1. The Balaban J connectivity index is 2.17. The van der Waals surface area contributed by atoms with E-state index in [0.717, 1.165) is 0 Å². The summed E-state index contributed by atoms with van der Waals surface area (Å²) in [6, 6.07) is 4.68. The third kappa shape index (κ3) is 1.97. The largest absolute Gasteiger partial charge is 0.477 e. The average molecular weight is 281 g/mol. The molecule has 3 heterocycles. The molecule has 100 valence electrons. The van der Waals surface area contributed by atoms with Gasteiger partial charge in [-0.05, 0) is 18.6 Å². The van der Waals surface area contributed by atoms with Crippen LogP contribution in [0.15, 0.2) is 18.2 Å². The van der Waals surface area contributed by atoms with Crippen LogP contribution < -0.4 is 0 Å². The van der Waals surface area contributed by atoms with Crippen LogP contribution in [0.2, 0.25) is 0 Å². The Morgan fingerprint density at radius 1 is 1.37 bits per heavy atom. The number of aromatic carboxylic acids is 1. The molecule has 19 heavy (non-hydrogen) atoms. The maximum atomic E-state index is 11.5. The average Bonchev–Trinajstić information content (AvgIpc) is 2.91. The normalized spacial score (nSPS) is 21.8. The number of carbonyl (C=O) groups is 1. The number of carboxylic acid groups (broad SMARTS) is 1. The molecule has 2 aromatic rings. The minimum absolute atomic E-state index is 0.00173. The monoisotopic (exact) mass is 281 g/mol. The molecule has 1 aliphatic heterocycles. The number of hydrogen-bond donors (Lipinski definition) is 1.